The maximum atomic E-state index is 11.8. The Kier molecular flexibility index (Phi) is 7.84. The van der Waals surface area contributed by atoms with E-state index in [0.29, 0.717) is 6.54 Å². The van der Waals surface area contributed by atoms with Gasteiger partial charge >= 0.3 is 0 Å². The molecule has 1 saturated heterocycles. The van der Waals surface area contributed by atoms with Crippen LogP contribution in [-0.2, 0) is 11.2 Å². The van der Waals surface area contributed by atoms with Crippen LogP contribution in [0.4, 0.5) is 5.69 Å². The molecule has 1 amide bonds. The molecule has 0 aliphatic carbocycles. The molecule has 1 aromatic carbocycles. The fourth-order valence-electron chi connectivity index (χ4n) is 2.47. The van der Waals surface area contributed by atoms with Crippen molar-refractivity contribution in [2.75, 3.05) is 19.6 Å². The summed E-state index contributed by atoms with van der Waals surface area (Å²) in [7, 11) is 0. The number of nitro groups is 1. The molecule has 6 nitrogen and oxygen atoms in total. The van der Waals surface area contributed by atoms with Gasteiger partial charge in [0.15, 0.2) is 0 Å². The lowest BCUT2D eigenvalue weighted by Crippen LogP contribution is -2.32. The Hall–Kier alpha value is -1.66. The van der Waals surface area contributed by atoms with Gasteiger partial charge in [-0.05, 0) is 37.8 Å². The molecular weight excluding hydrogens is 306 g/mol. The molecule has 0 bridgehead atoms. The first kappa shape index (κ1) is 18.4. The largest absolute Gasteiger partial charge is 0.356 e. The summed E-state index contributed by atoms with van der Waals surface area (Å²) in [4.78, 5) is 21.9. The van der Waals surface area contributed by atoms with Gasteiger partial charge in [-0.3, -0.25) is 14.9 Å². The molecule has 2 rings (SSSR count). The van der Waals surface area contributed by atoms with Crippen LogP contribution in [0.5, 0.6) is 0 Å². The quantitative estimate of drug-likeness (QED) is 0.456. The van der Waals surface area contributed by atoms with Gasteiger partial charge in [-0.25, -0.2) is 0 Å². The topological polar surface area (TPSA) is 84.3 Å². The number of carbonyl (C=O) groups excluding carboxylic acids is 1. The summed E-state index contributed by atoms with van der Waals surface area (Å²) in [5, 5.41) is 16.7. The van der Waals surface area contributed by atoms with Crippen LogP contribution in [0, 0.1) is 16.0 Å². The fraction of sp³-hybridized carbons (Fsp3) is 0.533. The summed E-state index contributed by atoms with van der Waals surface area (Å²) in [5.41, 5.74) is 1.21. The number of non-ortho nitro benzene ring substituents is 1. The first-order valence-electron chi connectivity index (χ1n) is 7.38. The van der Waals surface area contributed by atoms with Crippen molar-refractivity contribution < 1.29 is 9.72 Å². The van der Waals surface area contributed by atoms with Crippen molar-refractivity contribution in [1.82, 2.24) is 10.6 Å². The second kappa shape index (κ2) is 9.38. The number of halogens is 1. The van der Waals surface area contributed by atoms with Crippen molar-refractivity contribution in [3.63, 3.8) is 0 Å². The fourth-order valence-corrected chi connectivity index (χ4v) is 2.47. The minimum atomic E-state index is -0.392. The highest BCUT2D eigenvalue weighted by molar-refractivity contribution is 5.85. The van der Waals surface area contributed by atoms with Gasteiger partial charge in [0.1, 0.15) is 0 Å². The Labute approximate surface area is 136 Å². The number of carbonyl (C=O) groups is 1. The standard InChI is InChI=1S/C15H21N3O3.ClH/c19-15(13-8-10-16-11-13)17-9-2-1-3-12-4-6-14(7-5-12)18(20)21;/h4-7,13,16H,1-3,8-11H2,(H,17,19);1H. The summed E-state index contributed by atoms with van der Waals surface area (Å²) >= 11 is 0. The van der Waals surface area contributed by atoms with Crippen LogP contribution in [0.3, 0.4) is 0 Å². The molecule has 0 radical (unpaired) electrons. The number of benzene rings is 1. The summed E-state index contributed by atoms with van der Waals surface area (Å²) in [5.74, 6) is 0.273. The predicted octanol–water partition coefficient (Wildman–Crippen LogP) is 2.06. The van der Waals surface area contributed by atoms with E-state index in [1.807, 2.05) is 0 Å². The lowest BCUT2D eigenvalue weighted by Gasteiger charge is -2.09. The minimum absolute atomic E-state index is 0. The Morgan fingerprint density at radius 1 is 1.32 bits per heavy atom. The van der Waals surface area contributed by atoms with Gasteiger partial charge in [-0.2, -0.15) is 0 Å². The van der Waals surface area contributed by atoms with Gasteiger partial charge in [-0.15, -0.1) is 12.4 Å². The number of hydrogen-bond donors (Lipinski definition) is 2. The van der Waals surface area contributed by atoms with E-state index >= 15 is 0 Å². The molecule has 2 N–H and O–H groups in total. The molecule has 1 fully saturated rings. The Morgan fingerprint density at radius 3 is 2.64 bits per heavy atom. The Morgan fingerprint density at radius 2 is 2.05 bits per heavy atom. The molecule has 1 aliphatic heterocycles. The molecule has 1 heterocycles. The van der Waals surface area contributed by atoms with Gasteiger partial charge in [0.25, 0.3) is 5.69 Å². The van der Waals surface area contributed by atoms with E-state index in [4.69, 9.17) is 0 Å². The average Bonchev–Trinajstić information content (AvgIpc) is 3.01. The van der Waals surface area contributed by atoms with E-state index in [1.165, 1.54) is 12.1 Å². The van der Waals surface area contributed by atoms with Crippen LogP contribution < -0.4 is 10.6 Å². The van der Waals surface area contributed by atoms with Crippen LogP contribution in [0.2, 0.25) is 0 Å². The van der Waals surface area contributed by atoms with Crippen molar-refractivity contribution in [2.45, 2.75) is 25.7 Å². The molecule has 1 atom stereocenters. The highest BCUT2D eigenvalue weighted by Gasteiger charge is 2.21. The van der Waals surface area contributed by atoms with E-state index < -0.39 is 4.92 Å². The average molecular weight is 328 g/mol. The second-order valence-electron chi connectivity index (χ2n) is 5.36. The first-order chi connectivity index (χ1) is 10.2. The van der Waals surface area contributed by atoms with Crippen molar-refractivity contribution in [3.05, 3.63) is 39.9 Å². The molecule has 1 unspecified atom stereocenters. The molecule has 0 aromatic heterocycles. The summed E-state index contributed by atoms with van der Waals surface area (Å²) in [6, 6.07) is 6.65. The van der Waals surface area contributed by atoms with Gasteiger partial charge in [0, 0.05) is 25.2 Å². The maximum absolute atomic E-state index is 11.8. The molecule has 22 heavy (non-hydrogen) atoms. The third-order valence-corrected chi connectivity index (χ3v) is 3.77. The van der Waals surface area contributed by atoms with Crippen LogP contribution in [-0.4, -0.2) is 30.5 Å². The van der Waals surface area contributed by atoms with Gasteiger partial charge < -0.3 is 10.6 Å². The highest BCUT2D eigenvalue weighted by Crippen LogP contribution is 2.13. The molecule has 1 aromatic rings. The number of aryl methyl sites for hydroxylation is 1. The summed E-state index contributed by atoms with van der Waals surface area (Å²) in [6.07, 6.45) is 3.68. The van der Waals surface area contributed by atoms with Gasteiger partial charge in [0.2, 0.25) is 5.91 Å². The normalized spacial score (nSPS) is 16.8. The number of unbranched alkanes of at least 4 members (excludes halogenated alkanes) is 1. The summed E-state index contributed by atoms with van der Waals surface area (Å²) in [6.45, 7) is 2.41. The SMILES string of the molecule is Cl.O=C(NCCCCc1ccc([N+](=O)[O-])cc1)C1CCNC1. The summed E-state index contributed by atoms with van der Waals surface area (Å²) < 4.78 is 0. The van der Waals surface area contributed by atoms with Crippen molar-refractivity contribution >= 4 is 24.0 Å². The van der Waals surface area contributed by atoms with E-state index in [0.717, 1.165) is 44.3 Å². The number of rotatable bonds is 7. The zero-order chi connectivity index (χ0) is 15.1. The van der Waals surface area contributed by atoms with Crippen molar-refractivity contribution in [3.8, 4) is 0 Å². The first-order valence-corrected chi connectivity index (χ1v) is 7.38. The van der Waals surface area contributed by atoms with E-state index in [9.17, 15) is 14.9 Å². The number of nitrogens with zero attached hydrogens (tertiary/aromatic N) is 1. The van der Waals surface area contributed by atoms with Gasteiger partial charge in [0.05, 0.1) is 10.8 Å². The van der Waals surface area contributed by atoms with Crippen LogP contribution in [0.1, 0.15) is 24.8 Å². The number of amides is 1. The smallest absolute Gasteiger partial charge is 0.269 e. The monoisotopic (exact) mass is 327 g/mol. The van der Waals surface area contributed by atoms with Crippen LogP contribution in [0.25, 0.3) is 0 Å². The highest BCUT2D eigenvalue weighted by atomic mass is 35.5. The molecule has 122 valence electrons. The molecular formula is C15H22ClN3O3. The lowest BCUT2D eigenvalue weighted by molar-refractivity contribution is -0.384. The van der Waals surface area contributed by atoms with E-state index in [1.54, 1.807) is 12.1 Å². The van der Waals surface area contributed by atoms with Crippen molar-refractivity contribution in [1.29, 1.82) is 0 Å². The van der Waals surface area contributed by atoms with E-state index in [2.05, 4.69) is 10.6 Å². The zero-order valence-corrected chi connectivity index (χ0v) is 13.2. The molecule has 0 saturated carbocycles. The zero-order valence-electron chi connectivity index (χ0n) is 12.4. The Bertz CT molecular complexity index is 487. The third kappa shape index (κ3) is 5.61. The minimum Gasteiger partial charge on any atom is -0.356 e. The lowest BCUT2D eigenvalue weighted by atomic mass is 10.1. The predicted molar refractivity (Wildman–Crippen MR) is 87.3 cm³/mol. The van der Waals surface area contributed by atoms with Gasteiger partial charge in [-0.1, -0.05) is 12.1 Å². The van der Waals surface area contributed by atoms with Crippen molar-refractivity contribution in [2.24, 2.45) is 5.92 Å². The number of nitrogens with one attached hydrogen (secondary N) is 2. The number of hydrogen-bond acceptors (Lipinski definition) is 4. The Balaban J connectivity index is 0.00000242. The number of nitro benzene ring substituents is 1. The maximum Gasteiger partial charge on any atom is 0.269 e. The van der Waals surface area contributed by atoms with Crippen LogP contribution >= 0.6 is 12.4 Å². The van der Waals surface area contributed by atoms with Crippen LogP contribution in [0.15, 0.2) is 24.3 Å². The second-order valence-corrected chi connectivity index (χ2v) is 5.36. The molecule has 1 aliphatic rings. The third-order valence-electron chi connectivity index (χ3n) is 3.77. The van der Waals surface area contributed by atoms with E-state index in [-0.39, 0.29) is 29.9 Å². The molecule has 0 spiro atoms. The molecule has 7 heteroatoms.